The van der Waals surface area contributed by atoms with Crippen LogP contribution in [0.1, 0.15) is 32.1 Å². The molecule has 84 valence electrons. The average molecular weight is 221 g/mol. The van der Waals surface area contributed by atoms with Gasteiger partial charge in [-0.3, -0.25) is 4.79 Å². The Labute approximate surface area is 92.4 Å². The molecular weight excluding hydrogens is 200 g/mol. The lowest BCUT2D eigenvalue weighted by molar-refractivity contribution is -0.129. The first kappa shape index (κ1) is 13.7. The van der Waals surface area contributed by atoms with E-state index in [0.717, 1.165) is 25.7 Å². The molecule has 14 heavy (non-hydrogen) atoms. The summed E-state index contributed by atoms with van der Waals surface area (Å²) in [5.74, 6) is 0.829. The fourth-order valence-corrected chi connectivity index (χ4v) is 1.82. The molecule has 0 spiro atoms. The number of carbonyl (C=O) groups excluding carboxylic acids is 1. The van der Waals surface area contributed by atoms with Crippen molar-refractivity contribution in [3.63, 3.8) is 0 Å². The standard InChI is InChI=1S/C10H20N2O.ClH/c1-12(2)10(13)7-8-3-5-9(11)6-4-8;/h8-9H,3-7,11H2,1-2H3;1H. The molecule has 0 heterocycles. The van der Waals surface area contributed by atoms with E-state index in [0.29, 0.717) is 18.4 Å². The van der Waals surface area contributed by atoms with E-state index in [2.05, 4.69) is 0 Å². The third-order valence-corrected chi connectivity index (χ3v) is 2.85. The minimum Gasteiger partial charge on any atom is -0.349 e. The summed E-state index contributed by atoms with van der Waals surface area (Å²) in [5, 5.41) is 0. The Morgan fingerprint density at radius 1 is 1.29 bits per heavy atom. The zero-order valence-corrected chi connectivity index (χ0v) is 9.85. The van der Waals surface area contributed by atoms with Gasteiger partial charge in [-0.05, 0) is 31.6 Å². The Morgan fingerprint density at radius 3 is 2.21 bits per heavy atom. The van der Waals surface area contributed by atoms with Crippen LogP contribution in [0.3, 0.4) is 0 Å². The summed E-state index contributed by atoms with van der Waals surface area (Å²) in [6.07, 6.45) is 5.14. The van der Waals surface area contributed by atoms with Gasteiger partial charge in [0.1, 0.15) is 0 Å². The van der Waals surface area contributed by atoms with Crippen molar-refractivity contribution in [1.82, 2.24) is 4.90 Å². The number of amides is 1. The molecule has 0 radical (unpaired) electrons. The van der Waals surface area contributed by atoms with Gasteiger partial charge < -0.3 is 10.6 Å². The molecule has 0 saturated heterocycles. The number of halogens is 1. The molecule has 1 saturated carbocycles. The Morgan fingerprint density at radius 2 is 1.79 bits per heavy atom. The largest absolute Gasteiger partial charge is 0.349 e. The molecule has 0 aromatic rings. The van der Waals surface area contributed by atoms with Crippen molar-refractivity contribution in [2.75, 3.05) is 14.1 Å². The lowest BCUT2D eigenvalue weighted by Crippen LogP contribution is -2.30. The van der Waals surface area contributed by atoms with Crippen LogP contribution in [0.15, 0.2) is 0 Å². The highest BCUT2D eigenvalue weighted by Crippen LogP contribution is 2.26. The van der Waals surface area contributed by atoms with Crippen LogP contribution >= 0.6 is 12.4 Å². The first-order valence-corrected chi connectivity index (χ1v) is 5.05. The number of hydrogen-bond acceptors (Lipinski definition) is 2. The van der Waals surface area contributed by atoms with Crippen LogP contribution in [0.2, 0.25) is 0 Å². The SMILES string of the molecule is CN(C)C(=O)CC1CCC(N)CC1.Cl. The van der Waals surface area contributed by atoms with E-state index in [1.54, 1.807) is 4.90 Å². The number of hydrogen-bond donors (Lipinski definition) is 1. The van der Waals surface area contributed by atoms with E-state index in [9.17, 15) is 4.79 Å². The van der Waals surface area contributed by atoms with E-state index in [1.807, 2.05) is 14.1 Å². The molecule has 0 atom stereocenters. The normalized spacial score (nSPS) is 26.5. The second-order valence-electron chi connectivity index (χ2n) is 4.27. The van der Waals surface area contributed by atoms with Gasteiger partial charge in [0.05, 0.1) is 0 Å². The maximum atomic E-state index is 11.4. The van der Waals surface area contributed by atoms with Gasteiger partial charge >= 0.3 is 0 Å². The highest BCUT2D eigenvalue weighted by molar-refractivity contribution is 5.85. The topological polar surface area (TPSA) is 46.3 Å². The van der Waals surface area contributed by atoms with Crippen molar-refractivity contribution in [3.8, 4) is 0 Å². The molecule has 1 amide bonds. The Balaban J connectivity index is 0.00000169. The summed E-state index contributed by atoms with van der Waals surface area (Å²) in [7, 11) is 3.63. The average Bonchev–Trinajstić information content (AvgIpc) is 2.08. The second-order valence-corrected chi connectivity index (χ2v) is 4.27. The second kappa shape index (κ2) is 6.25. The maximum absolute atomic E-state index is 11.4. The van der Waals surface area contributed by atoms with Crippen molar-refractivity contribution in [3.05, 3.63) is 0 Å². The third kappa shape index (κ3) is 4.29. The van der Waals surface area contributed by atoms with Gasteiger partial charge in [-0.15, -0.1) is 12.4 Å². The number of nitrogens with two attached hydrogens (primary N) is 1. The van der Waals surface area contributed by atoms with Gasteiger partial charge in [-0.25, -0.2) is 0 Å². The highest BCUT2D eigenvalue weighted by atomic mass is 35.5. The fraction of sp³-hybridized carbons (Fsp3) is 0.900. The van der Waals surface area contributed by atoms with Crippen LogP contribution in [0.25, 0.3) is 0 Å². The van der Waals surface area contributed by atoms with Crippen LogP contribution in [-0.2, 0) is 4.79 Å². The predicted octanol–water partition coefficient (Wildman–Crippen LogP) is 1.40. The first-order chi connectivity index (χ1) is 6.09. The smallest absolute Gasteiger partial charge is 0.222 e. The summed E-state index contributed by atoms with van der Waals surface area (Å²) < 4.78 is 0. The quantitative estimate of drug-likeness (QED) is 0.765. The number of carbonyl (C=O) groups is 1. The van der Waals surface area contributed by atoms with Crippen LogP contribution in [0.5, 0.6) is 0 Å². The van der Waals surface area contributed by atoms with Crippen LogP contribution in [-0.4, -0.2) is 30.9 Å². The van der Waals surface area contributed by atoms with E-state index in [-0.39, 0.29) is 18.3 Å². The number of rotatable bonds is 2. The van der Waals surface area contributed by atoms with Crippen LogP contribution < -0.4 is 5.73 Å². The molecule has 0 unspecified atom stereocenters. The van der Waals surface area contributed by atoms with Crippen LogP contribution in [0, 0.1) is 5.92 Å². The molecule has 0 bridgehead atoms. The summed E-state index contributed by atoms with van der Waals surface area (Å²) in [6.45, 7) is 0. The monoisotopic (exact) mass is 220 g/mol. The van der Waals surface area contributed by atoms with Gasteiger partial charge in [0.2, 0.25) is 5.91 Å². The van der Waals surface area contributed by atoms with E-state index in [1.165, 1.54) is 0 Å². The predicted molar refractivity (Wildman–Crippen MR) is 60.5 cm³/mol. The lowest BCUT2D eigenvalue weighted by atomic mass is 9.84. The van der Waals surface area contributed by atoms with E-state index in [4.69, 9.17) is 5.73 Å². The van der Waals surface area contributed by atoms with Crippen molar-refractivity contribution < 1.29 is 4.79 Å². The van der Waals surface area contributed by atoms with Crippen molar-refractivity contribution >= 4 is 18.3 Å². The first-order valence-electron chi connectivity index (χ1n) is 5.05. The van der Waals surface area contributed by atoms with Gasteiger partial charge in [-0.2, -0.15) is 0 Å². The molecule has 1 aliphatic carbocycles. The lowest BCUT2D eigenvalue weighted by Gasteiger charge is -2.26. The van der Waals surface area contributed by atoms with Crippen molar-refractivity contribution in [2.45, 2.75) is 38.1 Å². The van der Waals surface area contributed by atoms with Gasteiger partial charge in [0.25, 0.3) is 0 Å². The molecule has 1 fully saturated rings. The molecule has 1 aliphatic rings. The Kier molecular flexibility index (Phi) is 6.12. The molecule has 0 aromatic carbocycles. The molecular formula is C10H21ClN2O. The van der Waals surface area contributed by atoms with Crippen molar-refractivity contribution in [2.24, 2.45) is 11.7 Å². The molecule has 4 heteroatoms. The zero-order valence-electron chi connectivity index (χ0n) is 9.03. The van der Waals surface area contributed by atoms with Crippen LogP contribution in [0.4, 0.5) is 0 Å². The summed E-state index contributed by atoms with van der Waals surface area (Å²) >= 11 is 0. The summed E-state index contributed by atoms with van der Waals surface area (Å²) in [5.41, 5.74) is 5.79. The maximum Gasteiger partial charge on any atom is 0.222 e. The molecule has 2 N–H and O–H groups in total. The fourth-order valence-electron chi connectivity index (χ4n) is 1.82. The van der Waals surface area contributed by atoms with E-state index >= 15 is 0 Å². The van der Waals surface area contributed by atoms with E-state index < -0.39 is 0 Å². The highest BCUT2D eigenvalue weighted by Gasteiger charge is 2.21. The third-order valence-electron chi connectivity index (χ3n) is 2.85. The van der Waals surface area contributed by atoms with Gasteiger partial charge in [0, 0.05) is 26.6 Å². The number of nitrogens with zero attached hydrogens (tertiary/aromatic N) is 1. The molecule has 1 rings (SSSR count). The summed E-state index contributed by atoms with van der Waals surface area (Å²) in [6, 6.07) is 0.380. The summed E-state index contributed by atoms with van der Waals surface area (Å²) in [4.78, 5) is 13.1. The minimum atomic E-state index is 0. The van der Waals surface area contributed by atoms with Crippen molar-refractivity contribution in [1.29, 1.82) is 0 Å². The minimum absolute atomic E-state index is 0. The molecule has 0 aromatic heterocycles. The Bertz CT molecular complexity index is 177. The van der Waals surface area contributed by atoms with Gasteiger partial charge in [0.15, 0.2) is 0 Å². The molecule has 3 nitrogen and oxygen atoms in total. The zero-order chi connectivity index (χ0) is 9.84. The van der Waals surface area contributed by atoms with Gasteiger partial charge in [-0.1, -0.05) is 0 Å². The molecule has 0 aliphatic heterocycles. The Hall–Kier alpha value is -0.280.